The van der Waals surface area contributed by atoms with Gasteiger partial charge in [-0.25, -0.2) is 4.68 Å². The van der Waals surface area contributed by atoms with E-state index in [0.29, 0.717) is 16.9 Å². The minimum Gasteiger partial charge on any atom is -0.383 e. The molecule has 1 aliphatic carbocycles. The summed E-state index contributed by atoms with van der Waals surface area (Å²) >= 11 is 6.09. The van der Waals surface area contributed by atoms with Gasteiger partial charge in [0.1, 0.15) is 10.8 Å². The van der Waals surface area contributed by atoms with Gasteiger partial charge < -0.3 is 5.73 Å². The van der Waals surface area contributed by atoms with E-state index in [1.807, 2.05) is 11.6 Å². The van der Waals surface area contributed by atoms with Crippen molar-refractivity contribution in [2.75, 3.05) is 5.73 Å². The van der Waals surface area contributed by atoms with Gasteiger partial charge in [0.05, 0.1) is 11.7 Å². The number of hydrogen-bond acceptors (Lipinski definition) is 2. The fourth-order valence-corrected chi connectivity index (χ4v) is 2.96. The second-order valence-electron chi connectivity index (χ2n) is 5.54. The van der Waals surface area contributed by atoms with Crippen molar-refractivity contribution in [2.45, 2.75) is 52.5 Å². The molecule has 96 valence electrons. The minimum absolute atomic E-state index is 0.441. The average Bonchev–Trinajstić information content (AvgIpc) is 2.57. The van der Waals surface area contributed by atoms with E-state index in [1.54, 1.807) is 0 Å². The van der Waals surface area contributed by atoms with Gasteiger partial charge in [-0.1, -0.05) is 25.4 Å². The first-order chi connectivity index (χ1) is 8.00. The Morgan fingerprint density at radius 1 is 1.29 bits per heavy atom. The zero-order valence-corrected chi connectivity index (χ0v) is 11.7. The lowest BCUT2D eigenvalue weighted by Gasteiger charge is -2.31. The molecule has 0 atom stereocenters. The van der Waals surface area contributed by atoms with Crippen molar-refractivity contribution < 1.29 is 0 Å². The largest absolute Gasteiger partial charge is 0.383 e. The van der Waals surface area contributed by atoms with Crippen LogP contribution in [0.4, 0.5) is 5.82 Å². The quantitative estimate of drug-likeness (QED) is 0.873. The smallest absolute Gasteiger partial charge is 0.141 e. The van der Waals surface area contributed by atoms with E-state index < -0.39 is 0 Å². The number of nitrogen functional groups attached to an aromatic ring is 1. The SMILES string of the molecule is Cc1nn(C2CCC(C(C)C)CC2)c(N)c1Cl. The molecule has 3 nitrogen and oxygen atoms in total. The zero-order chi connectivity index (χ0) is 12.6. The van der Waals surface area contributed by atoms with Crippen LogP contribution in [-0.2, 0) is 0 Å². The number of hydrogen-bond donors (Lipinski definition) is 1. The van der Waals surface area contributed by atoms with Crippen LogP contribution in [0, 0.1) is 18.8 Å². The van der Waals surface area contributed by atoms with Gasteiger partial charge in [-0.05, 0) is 44.4 Å². The molecule has 4 heteroatoms. The molecule has 2 rings (SSSR count). The summed E-state index contributed by atoms with van der Waals surface area (Å²) in [7, 11) is 0. The topological polar surface area (TPSA) is 43.8 Å². The van der Waals surface area contributed by atoms with Gasteiger partial charge in [-0.3, -0.25) is 0 Å². The molecule has 1 aromatic rings. The first-order valence-electron chi connectivity index (χ1n) is 6.50. The van der Waals surface area contributed by atoms with Crippen molar-refractivity contribution >= 4 is 17.4 Å². The number of aryl methyl sites for hydroxylation is 1. The van der Waals surface area contributed by atoms with Gasteiger partial charge in [0.2, 0.25) is 0 Å². The highest BCUT2D eigenvalue weighted by Gasteiger charge is 2.26. The number of nitrogens with two attached hydrogens (primary N) is 1. The minimum atomic E-state index is 0.441. The van der Waals surface area contributed by atoms with Crippen LogP contribution in [0.25, 0.3) is 0 Å². The second kappa shape index (κ2) is 4.89. The molecular weight excluding hydrogens is 234 g/mol. The summed E-state index contributed by atoms with van der Waals surface area (Å²) < 4.78 is 1.94. The summed E-state index contributed by atoms with van der Waals surface area (Å²) in [5.41, 5.74) is 6.84. The Bertz CT molecular complexity index is 390. The van der Waals surface area contributed by atoms with Crippen LogP contribution in [0.1, 0.15) is 51.3 Å². The molecule has 0 amide bonds. The molecule has 2 N–H and O–H groups in total. The van der Waals surface area contributed by atoms with Crippen LogP contribution in [0.2, 0.25) is 5.02 Å². The Kier molecular flexibility index (Phi) is 3.67. The van der Waals surface area contributed by atoms with Crippen molar-refractivity contribution in [3.05, 3.63) is 10.7 Å². The molecule has 0 aliphatic heterocycles. The maximum atomic E-state index is 6.09. The van der Waals surface area contributed by atoms with Gasteiger partial charge in [0.25, 0.3) is 0 Å². The Hall–Kier alpha value is -0.700. The second-order valence-corrected chi connectivity index (χ2v) is 5.92. The third kappa shape index (κ3) is 2.44. The van der Waals surface area contributed by atoms with E-state index in [9.17, 15) is 0 Å². The Morgan fingerprint density at radius 3 is 2.29 bits per heavy atom. The van der Waals surface area contributed by atoms with Crippen molar-refractivity contribution in [1.29, 1.82) is 0 Å². The molecule has 1 saturated carbocycles. The Labute approximate surface area is 108 Å². The molecule has 0 bridgehead atoms. The summed E-state index contributed by atoms with van der Waals surface area (Å²) in [5, 5.41) is 5.08. The van der Waals surface area contributed by atoms with Gasteiger partial charge in [-0.2, -0.15) is 5.10 Å². The van der Waals surface area contributed by atoms with Crippen molar-refractivity contribution in [2.24, 2.45) is 11.8 Å². The highest BCUT2D eigenvalue weighted by atomic mass is 35.5. The Morgan fingerprint density at radius 2 is 1.88 bits per heavy atom. The highest BCUT2D eigenvalue weighted by Crippen LogP contribution is 2.38. The maximum absolute atomic E-state index is 6.09. The van der Waals surface area contributed by atoms with Gasteiger partial charge >= 0.3 is 0 Å². The van der Waals surface area contributed by atoms with E-state index in [2.05, 4.69) is 18.9 Å². The van der Waals surface area contributed by atoms with Crippen LogP contribution in [0.15, 0.2) is 0 Å². The van der Waals surface area contributed by atoms with Crippen LogP contribution in [0.5, 0.6) is 0 Å². The molecule has 1 aromatic heterocycles. The number of halogens is 1. The molecule has 0 spiro atoms. The monoisotopic (exact) mass is 255 g/mol. The molecule has 17 heavy (non-hydrogen) atoms. The van der Waals surface area contributed by atoms with Gasteiger partial charge in [0.15, 0.2) is 0 Å². The predicted molar refractivity (Wildman–Crippen MR) is 72.2 cm³/mol. The summed E-state index contributed by atoms with van der Waals surface area (Å²) in [6.07, 6.45) is 4.89. The van der Waals surface area contributed by atoms with Crippen molar-refractivity contribution in [3.8, 4) is 0 Å². The summed E-state index contributed by atoms with van der Waals surface area (Å²) in [5.74, 6) is 2.29. The first-order valence-corrected chi connectivity index (χ1v) is 6.88. The lowest BCUT2D eigenvalue weighted by Crippen LogP contribution is -2.22. The number of anilines is 1. The third-order valence-electron chi connectivity index (χ3n) is 4.08. The van der Waals surface area contributed by atoms with Crippen LogP contribution in [0.3, 0.4) is 0 Å². The number of rotatable bonds is 2. The van der Waals surface area contributed by atoms with Crippen molar-refractivity contribution in [3.63, 3.8) is 0 Å². The lowest BCUT2D eigenvalue weighted by molar-refractivity contribution is 0.218. The summed E-state index contributed by atoms with van der Waals surface area (Å²) in [4.78, 5) is 0. The fraction of sp³-hybridized carbons (Fsp3) is 0.769. The van der Waals surface area contributed by atoms with Crippen LogP contribution >= 0.6 is 11.6 Å². The Balaban J connectivity index is 2.08. The van der Waals surface area contributed by atoms with Gasteiger partial charge in [0, 0.05) is 0 Å². The number of nitrogens with zero attached hydrogens (tertiary/aromatic N) is 2. The molecule has 1 fully saturated rings. The zero-order valence-electron chi connectivity index (χ0n) is 10.9. The van der Waals surface area contributed by atoms with E-state index in [1.165, 1.54) is 25.7 Å². The van der Waals surface area contributed by atoms with E-state index >= 15 is 0 Å². The standard InChI is InChI=1S/C13H22ClN3/c1-8(2)10-4-6-11(7-5-10)17-13(15)12(14)9(3)16-17/h8,10-11H,4-7,15H2,1-3H3. The van der Waals surface area contributed by atoms with Crippen molar-refractivity contribution in [1.82, 2.24) is 9.78 Å². The van der Waals surface area contributed by atoms with E-state index in [-0.39, 0.29) is 0 Å². The molecule has 1 heterocycles. The predicted octanol–water partition coefficient (Wildman–Crippen LogP) is 3.81. The maximum Gasteiger partial charge on any atom is 0.141 e. The average molecular weight is 256 g/mol. The highest BCUT2D eigenvalue weighted by molar-refractivity contribution is 6.33. The third-order valence-corrected chi connectivity index (χ3v) is 4.54. The van der Waals surface area contributed by atoms with Gasteiger partial charge in [-0.15, -0.1) is 0 Å². The van der Waals surface area contributed by atoms with E-state index in [0.717, 1.165) is 17.5 Å². The molecule has 0 radical (unpaired) electrons. The normalized spacial score (nSPS) is 25.5. The van der Waals surface area contributed by atoms with E-state index in [4.69, 9.17) is 17.3 Å². The lowest BCUT2D eigenvalue weighted by atomic mass is 9.80. The summed E-state index contributed by atoms with van der Waals surface area (Å²) in [6, 6.07) is 0.441. The van der Waals surface area contributed by atoms with Crippen LogP contribution in [-0.4, -0.2) is 9.78 Å². The number of aromatic nitrogens is 2. The molecule has 0 aromatic carbocycles. The molecule has 1 aliphatic rings. The molecule has 0 unspecified atom stereocenters. The van der Waals surface area contributed by atoms with Crippen LogP contribution < -0.4 is 5.73 Å². The summed E-state index contributed by atoms with van der Waals surface area (Å²) in [6.45, 7) is 6.54. The molecular formula is C13H22ClN3. The molecule has 0 saturated heterocycles. The fourth-order valence-electron chi connectivity index (χ4n) is 2.84. The first kappa shape index (κ1) is 12.7.